The minimum absolute atomic E-state index is 0.0562. The number of morpholine rings is 1. The van der Waals surface area contributed by atoms with Crippen LogP contribution in [0.2, 0.25) is 0 Å². The zero-order valence-corrected chi connectivity index (χ0v) is 26.8. The molecule has 3 heterocycles. The molecule has 0 unspecified atom stereocenters. The lowest BCUT2D eigenvalue weighted by Gasteiger charge is -2.34. The summed E-state index contributed by atoms with van der Waals surface area (Å²) in [6.07, 6.45) is 0.123. The molecule has 0 aromatic heterocycles. The number of rotatable bonds is 9. The van der Waals surface area contributed by atoms with Gasteiger partial charge in [0.1, 0.15) is 12.3 Å². The molecule has 1 spiro atoms. The third-order valence-corrected chi connectivity index (χ3v) is 9.24. The van der Waals surface area contributed by atoms with Gasteiger partial charge in [-0.25, -0.2) is 4.99 Å². The molecule has 3 aliphatic rings. The fourth-order valence-electron chi connectivity index (χ4n) is 6.68. The quantitative estimate of drug-likeness (QED) is 0.262. The fraction of sp³-hybridized carbons (Fsp3) is 0.308. The van der Waals surface area contributed by atoms with Gasteiger partial charge in [0.05, 0.1) is 19.8 Å². The molecule has 1 N–H and O–H groups in total. The van der Waals surface area contributed by atoms with Gasteiger partial charge in [-0.2, -0.15) is 0 Å². The van der Waals surface area contributed by atoms with Gasteiger partial charge >= 0.3 is 0 Å². The second-order valence-corrected chi connectivity index (χ2v) is 12.4. The highest BCUT2D eigenvalue weighted by Gasteiger charge is 2.56. The second kappa shape index (κ2) is 14.0. The third kappa shape index (κ3) is 6.43. The van der Waals surface area contributed by atoms with Gasteiger partial charge in [0, 0.05) is 44.6 Å². The second-order valence-electron chi connectivity index (χ2n) is 12.4. The summed E-state index contributed by atoms with van der Waals surface area (Å²) < 4.78 is 17.9. The van der Waals surface area contributed by atoms with Crippen LogP contribution >= 0.6 is 0 Å². The van der Waals surface area contributed by atoms with Gasteiger partial charge in [-0.05, 0) is 52.1 Å². The number of hydrogen-bond donors (Lipinski definition) is 1. The van der Waals surface area contributed by atoms with Crippen molar-refractivity contribution in [2.45, 2.75) is 31.0 Å². The highest BCUT2D eigenvalue weighted by atomic mass is 16.5. The summed E-state index contributed by atoms with van der Waals surface area (Å²) in [6.45, 7) is 2.69. The summed E-state index contributed by atoms with van der Waals surface area (Å²) in [6, 6.07) is 33.7. The van der Waals surface area contributed by atoms with E-state index < -0.39 is 11.6 Å². The van der Waals surface area contributed by atoms with E-state index in [0.29, 0.717) is 69.5 Å². The monoisotopic (exact) mass is 645 g/mol. The molecule has 2 amide bonds. The predicted octanol–water partition coefficient (Wildman–Crippen LogP) is 4.82. The number of benzene rings is 4. The summed E-state index contributed by atoms with van der Waals surface area (Å²) in [7, 11) is 0. The maximum atomic E-state index is 15.0. The molecule has 3 aliphatic heterocycles. The van der Waals surface area contributed by atoms with Crippen LogP contribution in [-0.2, 0) is 32.0 Å². The van der Waals surface area contributed by atoms with E-state index in [1.54, 1.807) is 9.80 Å². The van der Waals surface area contributed by atoms with Gasteiger partial charge in [0.2, 0.25) is 11.8 Å². The number of aliphatic imine (C=N–C) groups is 1. The third-order valence-electron chi connectivity index (χ3n) is 9.24. The number of fused-ring (bicyclic) bond motifs is 1. The summed E-state index contributed by atoms with van der Waals surface area (Å²) >= 11 is 0. The van der Waals surface area contributed by atoms with Crippen LogP contribution in [-0.4, -0.2) is 84.2 Å². The fourth-order valence-corrected chi connectivity index (χ4v) is 6.68. The number of nitrogens with zero attached hydrogens (tertiary/aromatic N) is 3. The number of amides is 2. The van der Waals surface area contributed by atoms with Crippen LogP contribution < -0.4 is 4.74 Å². The zero-order valence-electron chi connectivity index (χ0n) is 26.8. The van der Waals surface area contributed by atoms with E-state index in [1.165, 1.54) is 0 Å². The first-order valence-corrected chi connectivity index (χ1v) is 16.5. The van der Waals surface area contributed by atoms with E-state index in [1.807, 2.05) is 91.0 Å². The van der Waals surface area contributed by atoms with E-state index in [0.717, 1.165) is 27.8 Å². The number of hydrogen-bond acceptors (Lipinski definition) is 7. The largest absolute Gasteiger partial charge is 0.494 e. The van der Waals surface area contributed by atoms with Crippen molar-refractivity contribution in [3.63, 3.8) is 0 Å². The van der Waals surface area contributed by atoms with E-state index in [2.05, 4.69) is 12.1 Å². The number of carbonyl (C=O) groups is 2. The Kier molecular flexibility index (Phi) is 9.22. The first kappa shape index (κ1) is 31.6. The topological polar surface area (TPSA) is 101 Å². The van der Waals surface area contributed by atoms with Crippen molar-refractivity contribution in [1.29, 1.82) is 0 Å². The Labute approximate surface area is 280 Å². The molecular formula is C39H39N3O6. The van der Waals surface area contributed by atoms with Crippen molar-refractivity contribution in [3.8, 4) is 16.9 Å². The molecule has 0 radical (unpaired) electrons. The van der Waals surface area contributed by atoms with Gasteiger partial charge in [-0.15, -0.1) is 0 Å². The Hall–Kier alpha value is -4.99. The smallest absolute Gasteiger partial charge is 0.256 e. The highest BCUT2D eigenvalue weighted by Crippen LogP contribution is 2.45. The maximum absolute atomic E-state index is 15.0. The van der Waals surface area contributed by atoms with Crippen LogP contribution in [0.25, 0.3) is 11.1 Å². The summed E-state index contributed by atoms with van der Waals surface area (Å²) in [5, 5.41) is 9.11. The standard InChI is InChI=1S/C39H39N3O6/c43-21-6-22-47-34-17-15-31(16-18-34)37-40-39(36(48-37)30-13-11-29(12-14-30)28-7-2-1-3-8-28)25-32-9-4-5-10-33(32)26-42(38(39)45)27-35(44)41-19-23-46-24-20-41/h1-5,7-18,36,43H,6,19-27H2/t36-,39-/m1/s1. The van der Waals surface area contributed by atoms with Crippen LogP contribution in [0.3, 0.4) is 0 Å². The summed E-state index contributed by atoms with van der Waals surface area (Å²) in [4.78, 5) is 37.2. The average Bonchev–Trinajstić information content (AvgIpc) is 3.48. The zero-order chi connectivity index (χ0) is 32.9. The molecule has 2 atom stereocenters. The average molecular weight is 646 g/mol. The molecule has 0 aliphatic carbocycles. The number of ether oxygens (including phenoxy) is 3. The molecule has 246 valence electrons. The van der Waals surface area contributed by atoms with Crippen LogP contribution in [0.5, 0.6) is 5.75 Å². The molecule has 0 saturated carbocycles. The highest BCUT2D eigenvalue weighted by molar-refractivity contribution is 6.02. The first-order chi connectivity index (χ1) is 23.5. The number of carbonyl (C=O) groups excluding carboxylic acids is 2. The van der Waals surface area contributed by atoms with Crippen LogP contribution in [0.15, 0.2) is 108 Å². The van der Waals surface area contributed by atoms with Crippen molar-refractivity contribution < 1.29 is 28.9 Å². The lowest BCUT2D eigenvalue weighted by Crippen LogP contribution is -2.53. The lowest BCUT2D eigenvalue weighted by atomic mass is 9.81. The van der Waals surface area contributed by atoms with E-state index in [4.69, 9.17) is 24.3 Å². The summed E-state index contributed by atoms with van der Waals surface area (Å²) in [5.74, 6) is 0.684. The Bertz CT molecular complexity index is 1770. The summed E-state index contributed by atoms with van der Waals surface area (Å²) in [5.41, 5.74) is 4.33. The minimum Gasteiger partial charge on any atom is -0.494 e. The van der Waals surface area contributed by atoms with E-state index in [-0.39, 0.29) is 25.0 Å². The Balaban J connectivity index is 1.29. The molecule has 4 aromatic carbocycles. The molecule has 48 heavy (non-hydrogen) atoms. The number of aliphatic hydroxyl groups is 1. The van der Waals surface area contributed by atoms with Crippen LogP contribution in [0.1, 0.15) is 34.8 Å². The van der Waals surface area contributed by atoms with Crippen molar-refractivity contribution in [3.05, 3.63) is 125 Å². The molecule has 1 saturated heterocycles. The van der Waals surface area contributed by atoms with Crippen molar-refractivity contribution in [2.75, 3.05) is 46.1 Å². The Morgan fingerprint density at radius 3 is 2.25 bits per heavy atom. The van der Waals surface area contributed by atoms with Gasteiger partial charge in [-0.1, -0.05) is 78.9 Å². The molecule has 1 fully saturated rings. The predicted molar refractivity (Wildman–Crippen MR) is 182 cm³/mol. The molecule has 4 aromatic rings. The minimum atomic E-state index is -1.35. The normalized spacial score (nSPS) is 20.6. The van der Waals surface area contributed by atoms with E-state index >= 15 is 4.79 Å². The molecular weight excluding hydrogens is 606 g/mol. The van der Waals surface area contributed by atoms with Gasteiger partial charge < -0.3 is 29.1 Å². The SMILES string of the molecule is O=C(CN1Cc2ccccc2C[C@]2(N=C(c3ccc(OCCCO)cc3)O[C@@H]2c2ccc(-c3ccccc3)cc2)C1=O)N1CCOCC1. The maximum Gasteiger partial charge on any atom is 0.256 e. The molecule has 9 nitrogen and oxygen atoms in total. The molecule has 7 rings (SSSR count). The van der Waals surface area contributed by atoms with Crippen molar-refractivity contribution in [2.24, 2.45) is 4.99 Å². The molecule has 9 heteroatoms. The lowest BCUT2D eigenvalue weighted by molar-refractivity contribution is -0.147. The van der Waals surface area contributed by atoms with E-state index in [9.17, 15) is 4.79 Å². The van der Waals surface area contributed by atoms with Gasteiger partial charge in [0.15, 0.2) is 11.6 Å². The number of aliphatic hydroxyl groups excluding tert-OH is 1. The Morgan fingerprint density at radius 2 is 1.52 bits per heavy atom. The van der Waals surface area contributed by atoms with Crippen molar-refractivity contribution >= 4 is 17.7 Å². The van der Waals surface area contributed by atoms with Crippen LogP contribution in [0, 0.1) is 0 Å². The van der Waals surface area contributed by atoms with Crippen molar-refractivity contribution in [1.82, 2.24) is 9.80 Å². The Morgan fingerprint density at radius 1 is 0.854 bits per heavy atom. The van der Waals surface area contributed by atoms with Gasteiger partial charge in [-0.3, -0.25) is 9.59 Å². The molecule has 0 bridgehead atoms. The van der Waals surface area contributed by atoms with Gasteiger partial charge in [0.25, 0.3) is 5.91 Å². The van der Waals surface area contributed by atoms with Crippen LogP contribution in [0.4, 0.5) is 0 Å². The first-order valence-electron chi connectivity index (χ1n) is 16.5.